The molecule has 1 aromatic carbocycles. The van der Waals surface area contributed by atoms with Gasteiger partial charge >= 0.3 is 5.97 Å². The molecule has 0 spiro atoms. The molecule has 6 heteroatoms. The summed E-state index contributed by atoms with van der Waals surface area (Å²) >= 11 is 0. The summed E-state index contributed by atoms with van der Waals surface area (Å²) in [6, 6.07) is 5.07. The molecule has 0 saturated heterocycles. The first-order valence-electron chi connectivity index (χ1n) is 5.70. The lowest BCUT2D eigenvalue weighted by atomic mass is 10.2. The summed E-state index contributed by atoms with van der Waals surface area (Å²) < 4.78 is 25.7. The molecule has 0 fully saturated rings. The lowest BCUT2D eigenvalue weighted by Crippen LogP contribution is -2.32. The fourth-order valence-electron chi connectivity index (χ4n) is 1.55. The minimum Gasteiger partial charge on any atom is -0.478 e. The Hall–Kier alpha value is -1.84. The Kier molecular flexibility index (Phi) is 5.10. The molecule has 102 valence electrons. The highest BCUT2D eigenvalue weighted by atomic mass is 32.2. The molecule has 0 aliphatic carbocycles. The lowest BCUT2D eigenvalue weighted by molar-refractivity contribution is 0.0696. The second-order valence-electron chi connectivity index (χ2n) is 3.87. The molecular weight excluding hydrogens is 266 g/mol. The molecule has 19 heavy (non-hydrogen) atoms. The van der Waals surface area contributed by atoms with Gasteiger partial charge < -0.3 is 5.11 Å². The monoisotopic (exact) mass is 281 g/mol. The van der Waals surface area contributed by atoms with E-state index in [-0.39, 0.29) is 17.0 Å². The number of carboxylic acid groups (broad SMARTS) is 1. The summed E-state index contributed by atoms with van der Waals surface area (Å²) in [5.74, 6) is 1.21. The molecule has 0 atom stereocenters. The van der Waals surface area contributed by atoms with Crippen molar-refractivity contribution in [2.75, 3.05) is 13.1 Å². The van der Waals surface area contributed by atoms with Crippen LogP contribution in [-0.2, 0) is 10.0 Å². The second-order valence-corrected chi connectivity index (χ2v) is 5.81. The quantitative estimate of drug-likeness (QED) is 0.800. The first-order chi connectivity index (χ1) is 8.93. The number of benzene rings is 1. The van der Waals surface area contributed by atoms with Crippen LogP contribution in [-0.4, -0.2) is 36.9 Å². The fourth-order valence-corrected chi connectivity index (χ4v) is 3.00. The first-order valence-corrected chi connectivity index (χ1v) is 7.14. The van der Waals surface area contributed by atoms with E-state index in [1.807, 2.05) is 6.92 Å². The van der Waals surface area contributed by atoms with E-state index < -0.39 is 16.0 Å². The van der Waals surface area contributed by atoms with E-state index in [1.54, 1.807) is 0 Å². The van der Waals surface area contributed by atoms with E-state index in [0.717, 1.165) is 0 Å². The predicted octanol–water partition coefficient (Wildman–Crippen LogP) is 1.42. The predicted molar refractivity (Wildman–Crippen MR) is 71.3 cm³/mol. The van der Waals surface area contributed by atoms with Crippen molar-refractivity contribution in [1.82, 2.24) is 4.31 Å². The van der Waals surface area contributed by atoms with Gasteiger partial charge in [-0.25, -0.2) is 13.2 Å². The zero-order valence-electron chi connectivity index (χ0n) is 10.5. The molecule has 1 rings (SSSR count). The highest BCUT2D eigenvalue weighted by Gasteiger charge is 2.23. The molecule has 0 aliphatic rings. The van der Waals surface area contributed by atoms with Crippen LogP contribution in [0.1, 0.15) is 23.7 Å². The summed E-state index contributed by atoms with van der Waals surface area (Å²) in [6.07, 6.45) is 5.81. The Balaban J connectivity index is 3.11. The molecule has 0 unspecified atom stereocenters. The SMILES string of the molecule is C#CCN(CCC)S(=O)(=O)c1ccc(C(=O)O)cc1. The van der Waals surface area contributed by atoms with Crippen molar-refractivity contribution in [3.63, 3.8) is 0 Å². The zero-order valence-corrected chi connectivity index (χ0v) is 11.4. The van der Waals surface area contributed by atoms with E-state index in [0.29, 0.717) is 13.0 Å². The van der Waals surface area contributed by atoms with Crippen molar-refractivity contribution < 1.29 is 18.3 Å². The summed E-state index contributed by atoms with van der Waals surface area (Å²) in [7, 11) is -3.67. The zero-order chi connectivity index (χ0) is 14.5. The van der Waals surface area contributed by atoms with Gasteiger partial charge in [0.05, 0.1) is 17.0 Å². The highest BCUT2D eigenvalue weighted by Crippen LogP contribution is 2.16. The van der Waals surface area contributed by atoms with Crippen LogP contribution < -0.4 is 0 Å². The summed E-state index contributed by atoms with van der Waals surface area (Å²) in [5.41, 5.74) is 0.0398. The standard InChI is InChI=1S/C13H15NO4S/c1-3-9-14(10-4-2)19(17,18)12-7-5-11(6-8-12)13(15)16/h1,5-8H,4,9-10H2,2H3,(H,15,16). The Morgan fingerprint density at radius 3 is 2.37 bits per heavy atom. The number of carboxylic acids is 1. The summed E-state index contributed by atoms with van der Waals surface area (Å²) in [6.45, 7) is 2.18. The van der Waals surface area contributed by atoms with Gasteiger partial charge in [0, 0.05) is 6.54 Å². The number of hydrogen-bond acceptors (Lipinski definition) is 3. The van der Waals surface area contributed by atoms with Crippen molar-refractivity contribution in [2.24, 2.45) is 0 Å². The molecule has 1 N–H and O–H groups in total. The molecule has 0 amide bonds. The van der Waals surface area contributed by atoms with Gasteiger partial charge in [-0.3, -0.25) is 0 Å². The summed E-state index contributed by atoms with van der Waals surface area (Å²) in [5, 5.41) is 8.77. The van der Waals surface area contributed by atoms with Crippen LogP contribution in [0.3, 0.4) is 0 Å². The molecule has 0 radical (unpaired) electrons. The van der Waals surface area contributed by atoms with Crippen LogP contribution in [0.25, 0.3) is 0 Å². The van der Waals surface area contributed by atoms with E-state index in [1.165, 1.54) is 28.6 Å². The van der Waals surface area contributed by atoms with Crippen molar-refractivity contribution in [3.05, 3.63) is 29.8 Å². The third kappa shape index (κ3) is 3.56. The Labute approximate surface area is 112 Å². The summed E-state index contributed by atoms with van der Waals surface area (Å²) in [4.78, 5) is 10.8. The molecule has 0 aromatic heterocycles. The van der Waals surface area contributed by atoms with Gasteiger partial charge in [0.1, 0.15) is 0 Å². The van der Waals surface area contributed by atoms with Gasteiger partial charge in [0.15, 0.2) is 0 Å². The molecule has 0 bridgehead atoms. The number of carbonyl (C=O) groups is 1. The minimum absolute atomic E-state index is 0.00312. The van der Waals surface area contributed by atoms with Crippen molar-refractivity contribution in [2.45, 2.75) is 18.2 Å². The number of sulfonamides is 1. The minimum atomic E-state index is -3.67. The van der Waals surface area contributed by atoms with E-state index in [4.69, 9.17) is 11.5 Å². The molecule has 5 nitrogen and oxygen atoms in total. The van der Waals surface area contributed by atoms with Crippen LogP contribution in [0, 0.1) is 12.3 Å². The van der Waals surface area contributed by atoms with Crippen molar-refractivity contribution >= 4 is 16.0 Å². The van der Waals surface area contributed by atoms with Crippen LogP contribution in [0.5, 0.6) is 0 Å². The first kappa shape index (κ1) is 15.2. The van der Waals surface area contributed by atoms with Crippen LogP contribution in [0.15, 0.2) is 29.2 Å². The van der Waals surface area contributed by atoms with Crippen molar-refractivity contribution in [1.29, 1.82) is 0 Å². The smallest absolute Gasteiger partial charge is 0.335 e. The Morgan fingerprint density at radius 1 is 1.37 bits per heavy atom. The molecule has 1 aromatic rings. The number of terminal acetylenes is 1. The van der Waals surface area contributed by atoms with Gasteiger partial charge in [0.2, 0.25) is 10.0 Å². The maximum Gasteiger partial charge on any atom is 0.335 e. The molecular formula is C13H15NO4S. The lowest BCUT2D eigenvalue weighted by Gasteiger charge is -2.19. The van der Waals surface area contributed by atoms with Gasteiger partial charge in [-0.15, -0.1) is 6.42 Å². The number of aromatic carboxylic acids is 1. The topological polar surface area (TPSA) is 74.7 Å². The van der Waals surface area contributed by atoms with Gasteiger partial charge in [-0.05, 0) is 30.7 Å². The average Bonchev–Trinajstić information content (AvgIpc) is 2.38. The van der Waals surface area contributed by atoms with Gasteiger partial charge in [-0.2, -0.15) is 4.31 Å². The van der Waals surface area contributed by atoms with Crippen LogP contribution in [0.4, 0.5) is 0 Å². The third-order valence-corrected chi connectivity index (χ3v) is 4.34. The molecule has 0 heterocycles. The van der Waals surface area contributed by atoms with Crippen LogP contribution in [0.2, 0.25) is 0 Å². The van der Waals surface area contributed by atoms with E-state index in [9.17, 15) is 13.2 Å². The largest absolute Gasteiger partial charge is 0.478 e. The normalized spacial score (nSPS) is 11.2. The third-order valence-electron chi connectivity index (χ3n) is 2.48. The second kappa shape index (κ2) is 6.36. The highest BCUT2D eigenvalue weighted by molar-refractivity contribution is 7.89. The van der Waals surface area contributed by atoms with Gasteiger partial charge in [-0.1, -0.05) is 12.8 Å². The fraction of sp³-hybridized carbons (Fsp3) is 0.308. The van der Waals surface area contributed by atoms with Crippen LogP contribution >= 0.6 is 0 Å². The molecule has 0 aliphatic heterocycles. The van der Waals surface area contributed by atoms with E-state index in [2.05, 4.69) is 5.92 Å². The Bertz CT molecular complexity index is 584. The Morgan fingerprint density at radius 2 is 1.95 bits per heavy atom. The maximum atomic E-state index is 12.3. The maximum absolute atomic E-state index is 12.3. The molecule has 0 saturated carbocycles. The number of rotatable bonds is 6. The average molecular weight is 281 g/mol. The van der Waals surface area contributed by atoms with Gasteiger partial charge in [0.25, 0.3) is 0 Å². The number of nitrogens with zero attached hydrogens (tertiary/aromatic N) is 1. The van der Waals surface area contributed by atoms with Crippen molar-refractivity contribution in [3.8, 4) is 12.3 Å². The number of hydrogen-bond donors (Lipinski definition) is 1. The van der Waals surface area contributed by atoms with E-state index >= 15 is 0 Å².